The first-order valence-electron chi connectivity index (χ1n) is 8.75. The third-order valence-corrected chi connectivity index (χ3v) is 5.00. The molecule has 0 bridgehead atoms. The van der Waals surface area contributed by atoms with Crippen LogP contribution < -0.4 is 4.90 Å². The van der Waals surface area contributed by atoms with Gasteiger partial charge in [0.25, 0.3) is 0 Å². The number of likely N-dealkylation sites (tertiary alicyclic amines) is 1. The van der Waals surface area contributed by atoms with Crippen molar-refractivity contribution in [1.29, 1.82) is 0 Å². The van der Waals surface area contributed by atoms with Gasteiger partial charge in [-0.2, -0.15) is 0 Å². The van der Waals surface area contributed by atoms with Crippen molar-refractivity contribution in [3.8, 4) is 0 Å². The van der Waals surface area contributed by atoms with Crippen LogP contribution in [0.2, 0.25) is 0 Å². The summed E-state index contributed by atoms with van der Waals surface area (Å²) >= 11 is 0. The largest absolute Gasteiger partial charge is 0.368 e. The van der Waals surface area contributed by atoms with Crippen molar-refractivity contribution < 1.29 is 9.59 Å². The van der Waals surface area contributed by atoms with Gasteiger partial charge in [-0.1, -0.05) is 18.2 Å². The van der Waals surface area contributed by atoms with Gasteiger partial charge in [-0.15, -0.1) is 0 Å². The predicted molar refractivity (Wildman–Crippen MR) is 94.8 cm³/mol. The summed E-state index contributed by atoms with van der Waals surface area (Å²) in [6.45, 7) is 9.78. The van der Waals surface area contributed by atoms with Crippen molar-refractivity contribution in [1.82, 2.24) is 9.80 Å². The van der Waals surface area contributed by atoms with Gasteiger partial charge in [0.15, 0.2) is 0 Å². The lowest BCUT2D eigenvalue weighted by Crippen LogP contribution is -2.51. The molecule has 0 saturated carbocycles. The number of para-hydroxylation sites is 1. The van der Waals surface area contributed by atoms with Crippen molar-refractivity contribution in [2.75, 3.05) is 37.6 Å². The molecule has 3 rings (SSSR count). The van der Waals surface area contributed by atoms with E-state index in [-0.39, 0.29) is 23.3 Å². The Morgan fingerprint density at radius 1 is 1.04 bits per heavy atom. The standard InChI is InChI=1S/C19H27N3O2/c1-19(2,3)22-14-15(13-17(22)23)18(24)21-11-9-20(10-12-21)16-7-5-4-6-8-16/h4-8,15H,9-14H2,1-3H3/t15-/m1/s1. The van der Waals surface area contributed by atoms with Crippen molar-refractivity contribution in [3.63, 3.8) is 0 Å². The zero-order valence-electron chi connectivity index (χ0n) is 14.9. The number of carbonyl (C=O) groups excluding carboxylic acids is 2. The molecule has 0 aliphatic carbocycles. The van der Waals surface area contributed by atoms with Gasteiger partial charge in [0.05, 0.1) is 5.92 Å². The van der Waals surface area contributed by atoms with Gasteiger partial charge in [0, 0.05) is 50.4 Å². The number of nitrogens with zero attached hydrogens (tertiary/aromatic N) is 3. The third-order valence-electron chi connectivity index (χ3n) is 5.00. The van der Waals surface area contributed by atoms with Crippen molar-refractivity contribution in [2.24, 2.45) is 5.92 Å². The van der Waals surface area contributed by atoms with Gasteiger partial charge in [-0.25, -0.2) is 0 Å². The molecule has 0 N–H and O–H groups in total. The van der Waals surface area contributed by atoms with Crippen LogP contribution in [0.5, 0.6) is 0 Å². The fraction of sp³-hybridized carbons (Fsp3) is 0.579. The number of amides is 2. The number of carbonyl (C=O) groups is 2. The van der Waals surface area contributed by atoms with Gasteiger partial charge < -0.3 is 14.7 Å². The molecule has 2 amide bonds. The molecule has 5 nitrogen and oxygen atoms in total. The lowest BCUT2D eigenvalue weighted by Gasteiger charge is -2.37. The van der Waals surface area contributed by atoms with E-state index in [1.54, 1.807) is 0 Å². The van der Waals surface area contributed by atoms with Crippen molar-refractivity contribution >= 4 is 17.5 Å². The Kier molecular flexibility index (Phi) is 4.52. The summed E-state index contributed by atoms with van der Waals surface area (Å²) < 4.78 is 0. The molecule has 1 aromatic rings. The molecule has 130 valence electrons. The topological polar surface area (TPSA) is 43.9 Å². The van der Waals surface area contributed by atoms with E-state index in [9.17, 15) is 9.59 Å². The Hall–Kier alpha value is -2.04. The van der Waals surface area contributed by atoms with Gasteiger partial charge in [-0.3, -0.25) is 9.59 Å². The second-order valence-corrected chi connectivity index (χ2v) is 7.72. The van der Waals surface area contributed by atoms with E-state index >= 15 is 0 Å². The van der Waals surface area contributed by atoms with E-state index in [2.05, 4.69) is 17.0 Å². The van der Waals surface area contributed by atoms with E-state index < -0.39 is 0 Å². The Morgan fingerprint density at radius 2 is 1.67 bits per heavy atom. The number of benzene rings is 1. The molecule has 2 saturated heterocycles. The average Bonchev–Trinajstić information content (AvgIpc) is 2.97. The van der Waals surface area contributed by atoms with Crippen LogP contribution in [-0.2, 0) is 9.59 Å². The lowest BCUT2D eigenvalue weighted by atomic mass is 10.1. The number of piperazine rings is 1. The molecule has 5 heteroatoms. The summed E-state index contributed by atoms with van der Waals surface area (Å²) in [5, 5.41) is 0. The van der Waals surface area contributed by atoms with Crippen LogP contribution in [0.25, 0.3) is 0 Å². The lowest BCUT2D eigenvalue weighted by molar-refractivity contribution is -0.136. The van der Waals surface area contributed by atoms with E-state index in [4.69, 9.17) is 0 Å². The Balaban J connectivity index is 1.57. The zero-order valence-corrected chi connectivity index (χ0v) is 14.9. The van der Waals surface area contributed by atoms with Gasteiger partial charge >= 0.3 is 0 Å². The van der Waals surface area contributed by atoms with Gasteiger partial charge in [-0.05, 0) is 32.9 Å². The van der Waals surface area contributed by atoms with E-state index in [1.165, 1.54) is 5.69 Å². The van der Waals surface area contributed by atoms with Crippen LogP contribution in [0.15, 0.2) is 30.3 Å². The minimum atomic E-state index is -0.210. The van der Waals surface area contributed by atoms with Crippen molar-refractivity contribution in [2.45, 2.75) is 32.7 Å². The van der Waals surface area contributed by atoms with Gasteiger partial charge in [0.2, 0.25) is 11.8 Å². The molecule has 0 aromatic heterocycles. The molecule has 2 aliphatic rings. The van der Waals surface area contributed by atoms with Crippen LogP contribution in [0, 0.1) is 5.92 Å². The normalized spacial score (nSPS) is 22.2. The summed E-state index contributed by atoms with van der Waals surface area (Å²) in [5.41, 5.74) is 0.998. The molecule has 0 spiro atoms. The number of hydrogen-bond acceptors (Lipinski definition) is 3. The SMILES string of the molecule is CC(C)(C)N1C[C@H](C(=O)N2CCN(c3ccccc3)CC2)CC1=O. The average molecular weight is 329 g/mol. The number of anilines is 1. The first-order valence-corrected chi connectivity index (χ1v) is 8.75. The first-order chi connectivity index (χ1) is 11.4. The Bertz CT molecular complexity index is 601. The highest BCUT2D eigenvalue weighted by Gasteiger charge is 2.41. The zero-order chi connectivity index (χ0) is 17.3. The summed E-state index contributed by atoms with van der Waals surface area (Å²) in [6, 6.07) is 10.3. The molecule has 2 heterocycles. The molecule has 1 aromatic carbocycles. The minimum absolute atomic E-state index is 0.101. The molecule has 2 aliphatic heterocycles. The molecule has 0 radical (unpaired) electrons. The predicted octanol–water partition coefficient (Wildman–Crippen LogP) is 1.98. The second kappa shape index (κ2) is 6.46. The molecule has 2 fully saturated rings. The van der Waals surface area contributed by atoms with Crippen LogP contribution in [0.4, 0.5) is 5.69 Å². The molecule has 0 unspecified atom stereocenters. The molecule has 1 atom stereocenters. The van der Waals surface area contributed by atoms with Gasteiger partial charge in [0.1, 0.15) is 0 Å². The Morgan fingerprint density at radius 3 is 2.21 bits per heavy atom. The maximum atomic E-state index is 12.8. The highest BCUT2D eigenvalue weighted by Crippen LogP contribution is 2.27. The number of hydrogen-bond donors (Lipinski definition) is 0. The fourth-order valence-electron chi connectivity index (χ4n) is 3.60. The molecular formula is C19H27N3O2. The van der Waals surface area contributed by atoms with Crippen LogP contribution in [0.1, 0.15) is 27.2 Å². The minimum Gasteiger partial charge on any atom is -0.368 e. The van der Waals surface area contributed by atoms with Crippen LogP contribution >= 0.6 is 0 Å². The first kappa shape index (κ1) is 16.8. The Labute approximate surface area is 144 Å². The quantitative estimate of drug-likeness (QED) is 0.833. The summed E-state index contributed by atoms with van der Waals surface area (Å²) in [7, 11) is 0. The maximum absolute atomic E-state index is 12.8. The summed E-state index contributed by atoms with van der Waals surface area (Å²) in [5.74, 6) is 0.0617. The summed E-state index contributed by atoms with van der Waals surface area (Å²) in [6.07, 6.45) is 0.356. The highest BCUT2D eigenvalue weighted by molar-refractivity contribution is 5.89. The van der Waals surface area contributed by atoms with Crippen molar-refractivity contribution in [3.05, 3.63) is 30.3 Å². The second-order valence-electron chi connectivity index (χ2n) is 7.72. The molecular weight excluding hydrogens is 302 g/mol. The smallest absolute Gasteiger partial charge is 0.228 e. The number of rotatable bonds is 2. The van der Waals surface area contributed by atoms with Crippen LogP contribution in [-0.4, -0.2) is 59.9 Å². The molecule has 24 heavy (non-hydrogen) atoms. The fourth-order valence-corrected chi connectivity index (χ4v) is 3.60. The maximum Gasteiger partial charge on any atom is 0.228 e. The highest BCUT2D eigenvalue weighted by atomic mass is 16.2. The van der Waals surface area contributed by atoms with E-state index in [0.717, 1.165) is 26.2 Å². The third kappa shape index (κ3) is 3.40. The van der Waals surface area contributed by atoms with E-state index in [1.807, 2.05) is 48.8 Å². The summed E-state index contributed by atoms with van der Waals surface area (Å²) in [4.78, 5) is 31.1. The van der Waals surface area contributed by atoms with E-state index in [0.29, 0.717) is 13.0 Å². The monoisotopic (exact) mass is 329 g/mol. The van der Waals surface area contributed by atoms with Crippen LogP contribution in [0.3, 0.4) is 0 Å².